The Hall–Kier alpha value is -3.05. The average Bonchev–Trinajstić information content (AvgIpc) is 3.68. The molecule has 2 aliphatic rings. The summed E-state index contributed by atoms with van der Waals surface area (Å²) in [6.07, 6.45) is 0.766. The molecule has 0 N–H and O–H groups in total. The Morgan fingerprint density at radius 3 is 2.35 bits per heavy atom. The second-order valence-electron chi connectivity index (χ2n) is 12.2. The highest BCUT2D eigenvalue weighted by molar-refractivity contribution is 6.76. The minimum absolute atomic E-state index is 0.156. The van der Waals surface area contributed by atoms with Crippen molar-refractivity contribution in [3.8, 4) is 28.4 Å². The molecule has 0 bridgehead atoms. The van der Waals surface area contributed by atoms with Crippen LogP contribution in [0.5, 0.6) is 6.01 Å². The van der Waals surface area contributed by atoms with Crippen LogP contribution in [0.3, 0.4) is 0 Å². The van der Waals surface area contributed by atoms with E-state index in [0.29, 0.717) is 48.8 Å². The maximum absolute atomic E-state index is 6.86. The SMILES string of the molecule is C=CCO[C@@H]1CO[C@H]2[C@@H]1OC[C@H]2Oc1nc2nc(-c3ccc(-c4ccccc4)cc3)c(Cl)cc2n1COCC[Si](C)(C)C. The van der Waals surface area contributed by atoms with Gasteiger partial charge in [-0.2, -0.15) is 4.98 Å². The molecule has 2 fully saturated rings. The molecule has 0 radical (unpaired) electrons. The van der Waals surface area contributed by atoms with Gasteiger partial charge in [-0.3, -0.25) is 4.57 Å². The highest BCUT2D eigenvalue weighted by atomic mass is 35.5. The van der Waals surface area contributed by atoms with E-state index in [0.717, 1.165) is 28.3 Å². The number of aromatic nitrogens is 3. The van der Waals surface area contributed by atoms with Gasteiger partial charge in [0.2, 0.25) is 0 Å². The number of benzene rings is 2. The number of halogens is 1. The summed E-state index contributed by atoms with van der Waals surface area (Å²) in [5.41, 5.74) is 5.13. The molecule has 0 amide bonds. The predicted octanol–water partition coefficient (Wildman–Crippen LogP) is 6.85. The minimum atomic E-state index is -1.25. The van der Waals surface area contributed by atoms with Crippen molar-refractivity contribution in [1.82, 2.24) is 14.5 Å². The number of hydrogen-bond donors (Lipinski definition) is 0. The van der Waals surface area contributed by atoms with Gasteiger partial charge in [-0.15, -0.1) is 6.58 Å². The van der Waals surface area contributed by atoms with Gasteiger partial charge in [0.1, 0.15) is 25.0 Å². The molecule has 226 valence electrons. The lowest BCUT2D eigenvalue weighted by Crippen LogP contribution is -2.36. The van der Waals surface area contributed by atoms with Crippen LogP contribution in [-0.2, 0) is 25.7 Å². The molecule has 10 heteroatoms. The fourth-order valence-electron chi connectivity index (χ4n) is 5.41. The van der Waals surface area contributed by atoms with E-state index in [2.05, 4.69) is 50.5 Å². The molecule has 2 aromatic heterocycles. The van der Waals surface area contributed by atoms with Crippen LogP contribution in [0.2, 0.25) is 30.7 Å². The van der Waals surface area contributed by atoms with E-state index in [-0.39, 0.29) is 31.1 Å². The van der Waals surface area contributed by atoms with Gasteiger partial charge < -0.3 is 23.7 Å². The maximum atomic E-state index is 6.86. The van der Waals surface area contributed by atoms with Gasteiger partial charge in [-0.25, -0.2) is 4.98 Å². The molecule has 0 aliphatic carbocycles. The molecule has 0 unspecified atom stereocenters. The zero-order valence-electron chi connectivity index (χ0n) is 24.9. The van der Waals surface area contributed by atoms with E-state index in [1.165, 1.54) is 0 Å². The van der Waals surface area contributed by atoms with Gasteiger partial charge in [0.15, 0.2) is 11.8 Å². The van der Waals surface area contributed by atoms with Crippen LogP contribution in [-0.4, -0.2) is 73.5 Å². The predicted molar refractivity (Wildman–Crippen MR) is 171 cm³/mol. The maximum Gasteiger partial charge on any atom is 0.301 e. The number of imidazole rings is 1. The van der Waals surface area contributed by atoms with E-state index < -0.39 is 8.07 Å². The van der Waals surface area contributed by atoms with Crippen molar-refractivity contribution in [2.75, 3.05) is 26.4 Å². The third-order valence-corrected chi connectivity index (χ3v) is 9.78. The van der Waals surface area contributed by atoms with E-state index in [9.17, 15) is 0 Å². The average molecular weight is 620 g/mol. The topological polar surface area (TPSA) is 76.9 Å². The lowest BCUT2D eigenvalue weighted by molar-refractivity contribution is -0.0270. The number of ether oxygens (including phenoxy) is 5. The fourth-order valence-corrected chi connectivity index (χ4v) is 6.42. The molecule has 0 spiro atoms. The molecule has 43 heavy (non-hydrogen) atoms. The number of rotatable bonds is 12. The van der Waals surface area contributed by atoms with E-state index in [4.69, 9.17) is 45.3 Å². The molecule has 4 aromatic rings. The molecule has 6 rings (SSSR count). The summed E-state index contributed by atoms with van der Waals surface area (Å²) in [7, 11) is -1.25. The summed E-state index contributed by atoms with van der Waals surface area (Å²) in [5, 5.41) is 0.528. The van der Waals surface area contributed by atoms with Gasteiger partial charge >= 0.3 is 6.01 Å². The Kier molecular flexibility index (Phi) is 8.99. The molecule has 4 atom stereocenters. The van der Waals surface area contributed by atoms with Gasteiger partial charge in [-0.05, 0) is 23.2 Å². The van der Waals surface area contributed by atoms with Gasteiger partial charge in [0, 0.05) is 20.2 Å². The van der Waals surface area contributed by atoms with Crippen LogP contribution in [0.1, 0.15) is 0 Å². The fraction of sp³-hybridized carbons (Fsp3) is 0.394. The van der Waals surface area contributed by atoms with Crippen molar-refractivity contribution in [1.29, 1.82) is 0 Å². The van der Waals surface area contributed by atoms with Crippen LogP contribution in [0, 0.1) is 0 Å². The van der Waals surface area contributed by atoms with Crippen molar-refractivity contribution in [2.24, 2.45) is 0 Å². The van der Waals surface area contributed by atoms with Gasteiger partial charge in [0.05, 0.1) is 36.1 Å². The molecule has 8 nitrogen and oxygen atoms in total. The Bertz CT molecular complexity index is 1560. The van der Waals surface area contributed by atoms with E-state index >= 15 is 0 Å². The zero-order valence-corrected chi connectivity index (χ0v) is 26.6. The standard InChI is InChI=1S/C33H38ClN3O5Si/c1-5-15-39-27-19-40-31-28(20-41-30(27)31)42-33-36-32-26(37(33)21-38-16-17-43(2,3)4)18-25(34)29(35-32)24-13-11-23(12-14-24)22-9-7-6-8-10-22/h5-14,18,27-28,30-31H,1,15-17,19-21H2,2-4H3/t27-,28-,30-,31-/m1/s1. The first-order chi connectivity index (χ1) is 20.8. The molecule has 4 heterocycles. The monoisotopic (exact) mass is 619 g/mol. The highest BCUT2D eigenvalue weighted by Crippen LogP contribution is 2.35. The van der Waals surface area contributed by atoms with Crippen LogP contribution in [0.4, 0.5) is 0 Å². The Labute approximate surface area is 258 Å². The zero-order chi connectivity index (χ0) is 30.0. The Morgan fingerprint density at radius 2 is 1.63 bits per heavy atom. The second kappa shape index (κ2) is 12.9. The first kappa shape index (κ1) is 30.0. The van der Waals surface area contributed by atoms with Crippen LogP contribution >= 0.6 is 11.6 Å². The number of nitrogens with zero attached hydrogens (tertiary/aromatic N) is 3. The van der Waals surface area contributed by atoms with Crippen molar-refractivity contribution < 1.29 is 23.7 Å². The van der Waals surface area contributed by atoms with Crippen molar-refractivity contribution in [2.45, 2.75) is 56.8 Å². The normalized spacial score (nSPS) is 21.8. The molecule has 2 aromatic carbocycles. The first-order valence-corrected chi connectivity index (χ1v) is 18.8. The Morgan fingerprint density at radius 1 is 0.953 bits per heavy atom. The summed E-state index contributed by atoms with van der Waals surface area (Å²) < 4.78 is 32.5. The first-order valence-electron chi connectivity index (χ1n) is 14.7. The molecule has 2 saturated heterocycles. The molecular weight excluding hydrogens is 582 g/mol. The van der Waals surface area contributed by atoms with E-state index in [1.807, 2.05) is 41.0 Å². The summed E-state index contributed by atoms with van der Waals surface area (Å²) >= 11 is 6.86. The summed E-state index contributed by atoms with van der Waals surface area (Å²) in [5.74, 6) is 0. The van der Waals surface area contributed by atoms with Crippen molar-refractivity contribution in [3.63, 3.8) is 0 Å². The van der Waals surface area contributed by atoms with Crippen molar-refractivity contribution >= 4 is 30.8 Å². The van der Waals surface area contributed by atoms with Crippen molar-refractivity contribution in [3.05, 3.63) is 78.3 Å². The van der Waals surface area contributed by atoms with Crippen LogP contribution < -0.4 is 4.74 Å². The lowest BCUT2D eigenvalue weighted by Gasteiger charge is -2.19. The summed E-state index contributed by atoms with van der Waals surface area (Å²) in [6, 6.07) is 21.8. The molecule has 2 aliphatic heterocycles. The highest BCUT2D eigenvalue weighted by Gasteiger charge is 2.50. The third-order valence-electron chi connectivity index (χ3n) is 7.79. The number of hydrogen-bond acceptors (Lipinski definition) is 7. The van der Waals surface area contributed by atoms with Gasteiger partial charge in [-0.1, -0.05) is 91.9 Å². The lowest BCUT2D eigenvalue weighted by atomic mass is 10.0. The quantitative estimate of drug-likeness (QED) is 0.0975. The summed E-state index contributed by atoms with van der Waals surface area (Å²) in [4.78, 5) is 9.72. The smallest absolute Gasteiger partial charge is 0.301 e. The third kappa shape index (κ3) is 6.72. The van der Waals surface area contributed by atoms with Crippen LogP contribution in [0.25, 0.3) is 33.5 Å². The number of fused-ring (bicyclic) bond motifs is 2. The second-order valence-corrected chi connectivity index (χ2v) is 18.2. The minimum Gasteiger partial charge on any atom is -0.456 e. The Balaban J connectivity index is 1.28. The largest absolute Gasteiger partial charge is 0.456 e. The number of pyridine rings is 1. The van der Waals surface area contributed by atoms with E-state index in [1.54, 1.807) is 6.08 Å². The summed E-state index contributed by atoms with van der Waals surface area (Å²) in [6.45, 7) is 12.9. The van der Waals surface area contributed by atoms with Crippen LogP contribution in [0.15, 0.2) is 73.3 Å². The van der Waals surface area contributed by atoms with Gasteiger partial charge in [0.25, 0.3) is 0 Å². The molecular formula is C33H38ClN3O5Si. The molecule has 0 saturated carbocycles.